The van der Waals surface area contributed by atoms with E-state index in [1.807, 2.05) is 36.0 Å². The number of fused-ring (bicyclic) bond motifs is 1. The first-order chi connectivity index (χ1) is 14.6. The predicted molar refractivity (Wildman–Crippen MR) is 113 cm³/mol. The predicted octanol–water partition coefficient (Wildman–Crippen LogP) is 3.07. The Kier molecular flexibility index (Phi) is 6.51. The zero-order valence-corrected chi connectivity index (χ0v) is 18.1. The van der Waals surface area contributed by atoms with Crippen LogP contribution < -0.4 is 4.74 Å². The summed E-state index contributed by atoms with van der Waals surface area (Å²) in [6.45, 7) is 1.29. The van der Waals surface area contributed by atoms with Crippen LogP contribution in [0.15, 0.2) is 24.3 Å². The molecule has 3 atom stereocenters. The van der Waals surface area contributed by atoms with Gasteiger partial charge in [0.15, 0.2) is 0 Å². The third-order valence-electron chi connectivity index (χ3n) is 6.21. The maximum absolute atomic E-state index is 12.7. The summed E-state index contributed by atoms with van der Waals surface area (Å²) in [5, 5.41) is 0.409. The first kappa shape index (κ1) is 21.0. The van der Waals surface area contributed by atoms with Gasteiger partial charge in [0.05, 0.1) is 13.7 Å². The lowest BCUT2D eigenvalue weighted by molar-refractivity contribution is -0.129. The molecule has 162 valence electrons. The van der Waals surface area contributed by atoms with Crippen molar-refractivity contribution in [2.45, 2.75) is 49.9 Å². The van der Waals surface area contributed by atoms with Crippen molar-refractivity contribution in [3.8, 4) is 5.75 Å². The SMILES string of the molecule is COc1ccc(CN2C(=O)CC3CS[C@@H](CCCCC(=O)N4CCOC4=O)[C@H]32)cc1. The number of unbranched alkanes of at least 4 members (excludes halogenated alkanes) is 1. The van der Waals surface area contributed by atoms with E-state index in [4.69, 9.17) is 9.47 Å². The third kappa shape index (κ3) is 4.43. The summed E-state index contributed by atoms with van der Waals surface area (Å²) in [5.74, 6) is 2.36. The number of carbonyl (C=O) groups excluding carboxylic acids is 3. The molecule has 7 nitrogen and oxygen atoms in total. The number of benzene rings is 1. The molecular formula is C22H28N2O5S. The smallest absolute Gasteiger partial charge is 0.416 e. The maximum atomic E-state index is 12.7. The number of hydrogen-bond acceptors (Lipinski definition) is 6. The van der Waals surface area contributed by atoms with E-state index in [0.717, 1.165) is 36.3 Å². The minimum absolute atomic E-state index is 0.147. The Morgan fingerprint density at radius 2 is 2.03 bits per heavy atom. The minimum Gasteiger partial charge on any atom is -0.497 e. The van der Waals surface area contributed by atoms with Crippen molar-refractivity contribution in [3.63, 3.8) is 0 Å². The monoisotopic (exact) mass is 432 g/mol. The molecule has 0 N–H and O–H groups in total. The highest BCUT2D eigenvalue weighted by atomic mass is 32.2. The molecule has 3 fully saturated rings. The molecule has 3 aliphatic heterocycles. The molecule has 0 spiro atoms. The highest BCUT2D eigenvalue weighted by Gasteiger charge is 2.48. The highest BCUT2D eigenvalue weighted by Crippen LogP contribution is 2.44. The Morgan fingerprint density at radius 3 is 2.73 bits per heavy atom. The highest BCUT2D eigenvalue weighted by molar-refractivity contribution is 8.00. The zero-order chi connectivity index (χ0) is 21.1. The number of carbonyl (C=O) groups is 3. The Bertz CT molecular complexity index is 799. The third-order valence-corrected chi connectivity index (χ3v) is 7.77. The van der Waals surface area contributed by atoms with Crippen LogP contribution in [0.4, 0.5) is 4.79 Å². The van der Waals surface area contributed by atoms with Crippen LogP contribution in [0.5, 0.6) is 5.75 Å². The van der Waals surface area contributed by atoms with Crippen molar-refractivity contribution in [1.82, 2.24) is 9.80 Å². The van der Waals surface area contributed by atoms with Crippen molar-refractivity contribution in [3.05, 3.63) is 29.8 Å². The van der Waals surface area contributed by atoms with Crippen LogP contribution in [-0.2, 0) is 20.9 Å². The second kappa shape index (κ2) is 9.29. The molecule has 1 aromatic carbocycles. The van der Waals surface area contributed by atoms with Crippen molar-refractivity contribution >= 4 is 29.7 Å². The number of ether oxygens (including phenoxy) is 2. The van der Waals surface area contributed by atoms with Gasteiger partial charge in [-0.15, -0.1) is 0 Å². The number of methoxy groups -OCH3 is 1. The van der Waals surface area contributed by atoms with E-state index < -0.39 is 6.09 Å². The molecule has 1 unspecified atom stereocenters. The first-order valence-electron chi connectivity index (χ1n) is 10.6. The fourth-order valence-electron chi connectivity index (χ4n) is 4.64. The Morgan fingerprint density at radius 1 is 1.23 bits per heavy atom. The number of thioether (sulfide) groups is 1. The van der Waals surface area contributed by atoms with Crippen molar-refractivity contribution in [2.75, 3.05) is 26.0 Å². The number of amides is 3. The molecule has 8 heteroatoms. The molecule has 0 radical (unpaired) electrons. The number of likely N-dealkylation sites (tertiary alicyclic amines) is 1. The summed E-state index contributed by atoms with van der Waals surface area (Å²) < 4.78 is 10.0. The van der Waals surface area contributed by atoms with E-state index in [-0.39, 0.29) is 17.9 Å². The van der Waals surface area contributed by atoms with Gasteiger partial charge in [0.2, 0.25) is 11.8 Å². The molecule has 0 aromatic heterocycles. The van der Waals surface area contributed by atoms with Gasteiger partial charge in [-0.3, -0.25) is 9.59 Å². The van der Waals surface area contributed by atoms with Gasteiger partial charge in [-0.25, -0.2) is 9.69 Å². The number of rotatable bonds is 8. The first-order valence-corrected chi connectivity index (χ1v) is 11.6. The molecule has 3 saturated heterocycles. The summed E-state index contributed by atoms with van der Waals surface area (Å²) >= 11 is 1.96. The van der Waals surface area contributed by atoms with Gasteiger partial charge in [0.1, 0.15) is 12.4 Å². The molecule has 30 heavy (non-hydrogen) atoms. The van der Waals surface area contributed by atoms with Crippen molar-refractivity contribution in [1.29, 1.82) is 0 Å². The van der Waals surface area contributed by atoms with Gasteiger partial charge in [0, 0.05) is 30.7 Å². The van der Waals surface area contributed by atoms with Crippen LogP contribution in [-0.4, -0.2) is 65.0 Å². The Hall–Kier alpha value is -2.22. The van der Waals surface area contributed by atoms with Crippen LogP contribution in [0.3, 0.4) is 0 Å². The van der Waals surface area contributed by atoms with E-state index in [1.165, 1.54) is 4.90 Å². The fraction of sp³-hybridized carbons (Fsp3) is 0.591. The topological polar surface area (TPSA) is 76.2 Å². The van der Waals surface area contributed by atoms with Crippen LogP contribution >= 0.6 is 11.8 Å². The van der Waals surface area contributed by atoms with Crippen LogP contribution in [0, 0.1) is 5.92 Å². The van der Waals surface area contributed by atoms with Crippen molar-refractivity contribution in [2.24, 2.45) is 5.92 Å². The lowest BCUT2D eigenvalue weighted by Crippen LogP contribution is -2.39. The molecule has 1 aromatic rings. The van der Waals surface area contributed by atoms with E-state index >= 15 is 0 Å². The van der Waals surface area contributed by atoms with Gasteiger partial charge in [-0.1, -0.05) is 18.6 Å². The summed E-state index contributed by atoms with van der Waals surface area (Å²) in [6, 6.07) is 8.17. The summed E-state index contributed by atoms with van der Waals surface area (Å²) in [5.41, 5.74) is 1.11. The van der Waals surface area contributed by atoms with Crippen LogP contribution in [0.25, 0.3) is 0 Å². The number of nitrogens with zero attached hydrogens (tertiary/aromatic N) is 2. The van der Waals surface area contributed by atoms with Gasteiger partial charge >= 0.3 is 6.09 Å². The van der Waals surface area contributed by atoms with Crippen LogP contribution in [0.1, 0.15) is 37.7 Å². The largest absolute Gasteiger partial charge is 0.497 e. The molecule has 0 bridgehead atoms. The standard InChI is InChI=1S/C22H28N2O5S/c1-28-17-8-6-15(7-9-17)13-24-20(26)12-16-14-30-18(21(16)24)4-2-3-5-19(25)23-10-11-29-22(23)27/h6-9,16,18,21H,2-5,10-14H2,1H3/t16?,18-,21-/m0/s1. The number of imide groups is 1. The average Bonchev–Trinajstić information content (AvgIpc) is 3.43. The average molecular weight is 433 g/mol. The molecule has 0 saturated carbocycles. The molecule has 0 aliphatic carbocycles. The van der Waals surface area contributed by atoms with Gasteiger partial charge in [-0.2, -0.15) is 11.8 Å². The van der Waals surface area contributed by atoms with Crippen LogP contribution in [0.2, 0.25) is 0 Å². The van der Waals surface area contributed by atoms with Gasteiger partial charge in [0.25, 0.3) is 0 Å². The van der Waals surface area contributed by atoms with E-state index in [1.54, 1.807) is 7.11 Å². The lowest BCUT2D eigenvalue weighted by atomic mass is 9.96. The lowest BCUT2D eigenvalue weighted by Gasteiger charge is -2.29. The minimum atomic E-state index is -0.521. The molecule has 3 amide bonds. The Balaban J connectivity index is 1.29. The number of hydrogen-bond donors (Lipinski definition) is 0. The quantitative estimate of drug-likeness (QED) is 0.588. The molecule has 3 aliphatic rings. The van der Waals surface area contributed by atoms with Crippen molar-refractivity contribution < 1.29 is 23.9 Å². The Labute approximate surface area is 181 Å². The van der Waals surface area contributed by atoms with E-state index in [2.05, 4.69) is 4.90 Å². The second-order valence-electron chi connectivity index (χ2n) is 8.10. The summed E-state index contributed by atoms with van der Waals surface area (Å²) in [7, 11) is 1.65. The number of cyclic esters (lactones) is 1. The fourth-order valence-corrected chi connectivity index (χ4v) is 6.35. The second-order valence-corrected chi connectivity index (χ2v) is 9.37. The van der Waals surface area contributed by atoms with Gasteiger partial charge < -0.3 is 14.4 Å². The maximum Gasteiger partial charge on any atom is 0.416 e. The van der Waals surface area contributed by atoms with Gasteiger partial charge in [-0.05, 0) is 42.2 Å². The molecule has 3 heterocycles. The van der Waals surface area contributed by atoms with E-state index in [0.29, 0.717) is 43.7 Å². The molecule has 4 rings (SSSR count). The summed E-state index contributed by atoms with van der Waals surface area (Å²) in [6.07, 6.45) is 3.14. The summed E-state index contributed by atoms with van der Waals surface area (Å²) in [4.78, 5) is 39.5. The normalized spacial score (nSPS) is 25.6. The van der Waals surface area contributed by atoms with E-state index in [9.17, 15) is 14.4 Å². The zero-order valence-electron chi connectivity index (χ0n) is 17.2. The molecular weight excluding hydrogens is 404 g/mol.